The first-order chi connectivity index (χ1) is 14.2. The molecular weight excluding hydrogens is 390 g/mol. The topological polar surface area (TPSA) is 40.5 Å². The van der Waals surface area contributed by atoms with Gasteiger partial charge in [0.15, 0.2) is 0 Å². The Balaban J connectivity index is 2.50. The summed E-state index contributed by atoms with van der Waals surface area (Å²) < 4.78 is 0. The van der Waals surface area contributed by atoms with Gasteiger partial charge in [0, 0.05) is 12.3 Å². The van der Waals surface area contributed by atoms with Gasteiger partial charge in [-0.3, -0.25) is 4.79 Å². The number of aliphatic hydroxyl groups is 1. The van der Waals surface area contributed by atoms with Gasteiger partial charge >= 0.3 is 0 Å². The van der Waals surface area contributed by atoms with Crippen molar-refractivity contribution >= 4 is 16.9 Å². The molecule has 30 heavy (non-hydrogen) atoms. The molecule has 0 heterocycles. The van der Waals surface area contributed by atoms with Crippen LogP contribution < -0.4 is 0 Å². The van der Waals surface area contributed by atoms with E-state index in [1.54, 1.807) is 6.08 Å². The van der Waals surface area contributed by atoms with Crippen molar-refractivity contribution in [2.45, 2.75) is 60.3 Å². The molecule has 0 aliphatic heterocycles. The van der Waals surface area contributed by atoms with Gasteiger partial charge in [-0.15, -0.1) is 0 Å². The third-order valence-electron chi connectivity index (χ3n) is 5.53. The molecule has 0 aromatic heterocycles. The minimum atomic E-state index is 0.101. The first-order valence-corrected chi connectivity index (χ1v) is 12.0. The monoisotopic (exact) mass is 431 g/mol. The average Bonchev–Trinajstić information content (AvgIpc) is 2.64. The Morgan fingerprint density at radius 3 is 2.60 bits per heavy atom. The Labute approximate surface area is 188 Å². The third kappa shape index (κ3) is 10.6. The second kappa shape index (κ2) is 13.8. The van der Waals surface area contributed by atoms with E-state index in [2.05, 4.69) is 50.8 Å². The molecule has 0 atom stereocenters. The van der Waals surface area contributed by atoms with Gasteiger partial charge in [0.1, 0.15) is 0 Å². The number of thioether (sulfide) groups is 1. The lowest BCUT2D eigenvalue weighted by Gasteiger charge is -2.32. The molecule has 1 aliphatic carbocycles. The first kappa shape index (κ1) is 26.7. The summed E-state index contributed by atoms with van der Waals surface area (Å²) in [4.78, 5) is 14.1. The summed E-state index contributed by atoms with van der Waals surface area (Å²) in [6, 6.07) is 0. The average molecular weight is 432 g/mol. The van der Waals surface area contributed by atoms with E-state index in [0.717, 1.165) is 24.3 Å². The maximum absolute atomic E-state index is 12.1. The van der Waals surface area contributed by atoms with Crippen LogP contribution in [0.15, 0.2) is 58.7 Å². The van der Waals surface area contributed by atoms with E-state index < -0.39 is 0 Å². The molecule has 0 aromatic rings. The van der Waals surface area contributed by atoms with Crippen LogP contribution in [0.1, 0.15) is 60.3 Å². The van der Waals surface area contributed by atoms with E-state index in [0.29, 0.717) is 6.54 Å². The van der Waals surface area contributed by atoms with Crippen molar-refractivity contribution in [2.75, 3.05) is 32.5 Å². The molecule has 0 spiro atoms. The smallest absolute Gasteiger partial charge is 0.212 e. The summed E-state index contributed by atoms with van der Waals surface area (Å²) in [7, 11) is 1.98. The molecule has 168 valence electrons. The molecule has 0 aromatic carbocycles. The second-order valence-corrected chi connectivity index (χ2v) is 10.1. The van der Waals surface area contributed by atoms with E-state index in [1.807, 2.05) is 26.1 Å². The molecule has 4 heteroatoms. The van der Waals surface area contributed by atoms with Crippen LogP contribution in [0.4, 0.5) is 0 Å². The molecule has 0 saturated heterocycles. The molecule has 0 saturated carbocycles. The zero-order chi connectivity index (χ0) is 22.6. The Morgan fingerprint density at radius 1 is 1.20 bits per heavy atom. The summed E-state index contributed by atoms with van der Waals surface area (Å²) >= 11 is 1.36. The van der Waals surface area contributed by atoms with Crippen molar-refractivity contribution in [3.63, 3.8) is 0 Å². The summed E-state index contributed by atoms with van der Waals surface area (Å²) in [5.41, 5.74) is 5.42. The Morgan fingerprint density at radius 2 is 1.93 bits per heavy atom. The van der Waals surface area contributed by atoms with Crippen molar-refractivity contribution in [3.05, 3.63) is 58.7 Å². The highest BCUT2D eigenvalue weighted by Gasteiger charge is 2.26. The fourth-order valence-corrected chi connectivity index (χ4v) is 4.44. The highest BCUT2D eigenvalue weighted by molar-refractivity contribution is 8.14. The quantitative estimate of drug-likeness (QED) is 0.244. The number of nitrogens with zero attached hydrogens (tertiary/aromatic N) is 1. The number of carbonyl (C=O) groups is 1. The summed E-state index contributed by atoms with van der Waals surface area (Å²) in [6.45, 7) is 12.8. The second-order valence-electron chi connectivity index (χ2n) is 8.97. The highest BCUT2D eigenvalue weighted by Crippen LogP contribution is 2.40. The van der Waals surface area contributed by atoms with Crippen molar-refractivity contribution in [1.82, 2.24) is 4.90 Å². The minimum absolute atomic E-state index is 0.101. The number of carbonyl (C=O) groups excluding carboxylic acids is 1. The van der Waals surface area contributed by atoms with Gasteiger partial charge in [-0.25, -0.2) is 0 Å². The van der Waals surface area contributed by atoms with Crippen molar-refractivity contribution in [1.29, 1.82) is 0 Å². The fourth-order valence-electron chi connectivity index (χ4n) is 3.70. The zero-order valence-electron chi connectivity index (χ0n) is 19.8. The van der Waals surface area contributed by atoms with Gasteiger partial charge in [-0.2, -0.15) is 0 Å². The molecule has 1 aliphatic rings. The summed E-state index contributed by atoms with van der Waals surface area (Å²) in [6.07, 6.45) is 17.0. The molecular formula is C26H41NO2S. The lowest BCUT2D eigenvalue weighted by atomic mass is 9.72. The van der Waals surface area contributed by atoms with Crippen molar-refractivity contribution < 1.29 is 9.90 Å². The Kier molecular flexibility index (Phi) is 12.3. The molecule has 0 bridgehead atoms. The number of rotatable bonds is 11. The van der Waals surface area contributed by atoms with E-state index in [4.69, 9.17) is 5.11 Å². The van der Waals surface area contributed by atoms with Crippen molar-refractivity contribution in [3.8, 4) is 0 Å². The van der Waals surface area contributed by atoms with Gasteiger partial charge in [0.25, 0.3) is 0 Å². The van der Waals surface area contributed by atoms with Crippen LogP contribution in [0.3, 0.4) is 0 Å². The van der Waals surface area contributed by atoms with E-state index in [1.165, 1.54) is 47.7 Å². The molecule has 1 rings (SSSR count). The van der Waals surface area contributed by atoms with Crippen LogP contribution >= 0.6 is 11.8 Å². The van der Waals surface area contributed by atoms with Crippen LogP contribution in [0.2, 0.25) is 0 Å². The van der Waals surface area contributed by atoms with Gasteiger partial charge in [-0.05, 0) is 82.7 Å². The molecule has 0 radical (unpaired) electrons. The fraction of sp³-hybridized carbons (Fsp3) is 0.577. The van der Waals surface area contributed by atoms with Gasteiger partial charge in [0.05, 0.1) is 6.61 Å². The first-order valence-electron chi connectivity index (χ1n) is 11.0. The Hall–Kier alpha value is -1.36. The molecule has 1 N–H and O–H groups in total. The molecule has 0 amide bonds. The number of aliphatic hydroxyl groups excluding tert-OH is 1. The SMILES string of the molecule is CC1=C(/C=C/C(C)=C/C=C/C(C)=C/C(=O)SCCCN(C)CCO)C(C)(C)CCC1. The van der Waals surface area contributed by atoms with Crippen LogP contribution in [0, 0.1) is 5.41 Å². The Bertz CT molecular complexity index is 711. The maximum Gasteiger partial charge on any atom is 0.212 e. The third-order valence-corrected chi connectivity index (χ3v) is 6.42. The number of hydrogen-bond acceptors (Lipinski definition) is 4. The van der Waals surface area contributed by atoms with Crippen LogP contribution in [0.25, 0.3) is 0 Å². The summed E-state index contributed by atoms with van der Waals surface area (Å²) in [5, 5.41) is 8.98. The van der Waals surface area contributed by atoms with Gasteiger partial charge < -0.3 is 10.0 Å². The van der Waals surface area contributed by atoms with Crippen LogP contribution in [0.5, 0.6) is 0 Å². The largest absolute Gasteiger partial charge is 0.395 e. The predicted octanol–water partition coefficient (Wildman–Crippen LogP) is 6.09. The van der Waals surface area contributed by atoms with E-state index >= 15 is 0 Å². The number of hydrogen-bond donors (Lipinski definition) is 1. The molecule has 0 unspecified atom stereocenters. The number of likely N-dealkylation sites (N-methyl/N-ethyl adjacent to an activating group) is 1. The minimum Gasteiger partial charge on any atom is -0.395 e. The van der Waals surface area contributed by atoms with Gasteiger partial charge in [0.2, 0.25) is 5.12 Å². The van der Waals surface area contributed by atoms with E-state index in [9.17, 15) is 4.79 Å². The maximum atomic E-state index is 12.1. The lowest BCUT2D eigenvalue weighted by molar-refractivity contribution is -0.107. The standard InChI is InChI=1S/C26H41NO2S/c1-21(13-14-24-23(3)12-8-15-26(24,4)5)10-7-11-22(2)20-25(29)30-19-9-16-27(6)17-18-28/h7,10-11,13-14,20,28H,8-9,12,15-19H2,1-6H3/b11-7+,14-13+,21-10+,22-20+. The lowest BCUT2D eigenvalue weighted by Crippen LogP contribution is -2.23. The number of allylic oxidation sites excluding steroid dienone is 9. The van der Waals surface area contributed by atoms with Crippen molar-refractivity contribution in [2.24, 2.45) is 5.41 Å². The van der Waals surface area contributed by atoms with Gasteiger partial charge in [-0.1, -0.05) is 67.1 Å². The van der Waals surface area contributed by atoms with E-state index in [-0.39, 0.29) is 17.1 Å². The summed E-state index contributed by atoms with van der Waals surface area (Å²) in [5.74, 6) is 0.803. The molecule has 0 fully saturated rings. The predicted molar refractivity (Wildman–Crippen MR) is 133 cm³/mol. The van der Waals surface area contributed by atoms with Crippen LogP contribution in [-0.4, -0.2) is 47.6 Å². The molecule has 3 nitrogen and oxygen atoms in total. The van der Waals surface area contributed by atoms with Crippen LogP contribution in [-0.2, 0) is 4.79 Å². The zero-order valence-corrected chi connectivity index (χ0v) is 20.6. The normalized spacial score (nSPS) is 18.3. The highest BCUT2D eigenvalue weighted by atomic mass is 32.2.